The summed E-state index contributed by atoms with van der Waals surface area (Å²) in [5.41, 5.74) is 2.71. The van der Waals surface area contributed by atoms with Crippen LogP contribution in [0, 0.1) is 5.92 Å². The predicted octanol–water partition coefficient (Wildman–Crippen LogP) is 2.84. The predicted molar refractivity (Wildman–Crippen MR) is 76.5 cm³/mol. The molecule has 1 aliphatic rings. The molecule has 0 saturated heterocycles. The Morgan fingerprint density at radius 3 is 3.00 bits per heavy atom. The number of hydrogen-bond acceptors (Lipinski definition) is 3. The highest BCUT2D eigenvalue weighted by atomic mass is 16.5. The average Bonchev–Trinajstić information content (AvgIpc) is 2.83. The van der Waals surface area contributed by atoms with Gasteiger partial charge in [0.2, 0.25) is 0 Å². The van der Waals surface area contributed by atoms with E-state index < -0.39 is 0 Å². The molecular formula is C15H24N2O. The Morgan fingerprint density at radius 2 is 2.33 bits per heavy atom. The zero-order chi connectivity index (χ0) is 13.0. The van der Waals surface area contributed by atoms with Crippen molar-refractivity contribution in [3.63, 3.8) is 0 Å². The molecule has 0 amide bonds. The first kappa shape index (κ1) is 13.2. The molecule has 3 heteroatoms. The largest absolute Gasteiger partial charge is 0.497 e. The van der Waals surface area contributed by atoms with Crippen molar-refractivity contribution in [1.82, 2.24) is 5.32 Å². The molecule has 2 atom stereocenters. The zero-order valence-electron chi connectivity index (χ0n) is 11.6. The van der Waals surface area contributed by atoms with E-state index >= 15 is 0 Å². The van der Waals surface area contributed by atoms with Crippen molar-refractivity contribution in [3.8, 4) is 5.75 Å². The Hall–Kier alpha value is -1.22. The SMILES string of the molecule is CCC(CCNC)C1CNc2ccc(OC)cc21. The molecule has 0 aliphatic carbocycles. The van der Waals surface area contributed by atoms with Crippen LogP contribution in [0.3, 0.4) is 0 Å². The summed E-state index contributed by atoms with van der Waals surface area (Å²) in [6.45, 7) is 4.44. The molecule has 0 saturated carbocycles. The highest BCUT2D eigenvalue weighted by Crippen LogP contribution is 2.40. The summed E-state index contributed by atoms with van der Waals surface area (Å²) in [5, 5.41) is 6.77. The summed E-state index contributed by atoms with van der Waals surface area (Å²) in [6.07, 6.45) is 2.46. The van der Waals surface area contributed by atoms with Gasteiger partial charge in [0.1, 0.15) is 5.75 Å². The third kappa shape index (κ3) is 2.61. The molecule has 100 valence electrons. The molecule has 1 aromatic carbocycles. The summed E-state index contributed by atoms with van der Waals surface area (Å²) in [7, 11) is 3.76. The van der Waals surface area contributed by atoms with Gasteiger partial charge in [-0.2, -0.15) is 0 Å². The lowest BCUT2D eigenvalue weighted by molar-refractivity contribution is 0.392. The number of ether oxygens (including phenoxy) is 1. The van der Waals surface area contributed by atoms with Crippen LogP contribution in [0.25, 0.3) is 0 Å². The summed E-state index contributed by atoms with van der Waals surface area (Å²) in [6, 6.07) is 6.36. The van der Waals surface area contributed by atoms with E-state index in [1.54, 1.807) is 7.11 Å². The maximum absolute atomic E-state index is 5.34. The second kappa shape index (κ2) is 6.10. The molecule has 0 radical (unpaired) electrons. The van der Waals surface area contributed by atoms with Gasteiger partial charge in [0.25, 0.3) is 0 Å². The summed E-state index contributed by atoms with van der Waals surface area (Å²) >= 11 is 0. The standard InChI is InChI=1S/C15H24N2O/c1-4-11(7-8-16-2)14-10-17-15-6-5-12(18-3)9-13(14)15/h5-6,9,11,14,16-17H,4,7-8,10H2,1-3H3. The van der Waals surface area contributed by atoms with Gasteiger partial charge in [-0.15, -0.1) is 0 Å². The Morgan fingerprint density at radius 1 is 1.50 bits per heavy atom. The number of methoxy groups -OCH3 is 1. The Bertz CT molecular complexity index is 392. The molecule has 1 aromatic rings. The lowest BCUT2D eigenvalue weighted by Crippen LogP contribution is -2.19. The minimum Gasteiger partial charge on any atom is -0.497 e. The van der Waals surface area contributed by atoms with Crippen molar-refractivity contribution in [2.24, 2.45) is 5.92 Å². The van der Waals surface area contributed by atoms with Crippen molar-refractivity contribution in [2.75, 3.05) is 32.6 Å². The normalized spacial score (nSPS) is 19.2. The van der Waals surface area contributed by atoms with Crippen molar-refractivity contribution in [1.29, 1.82) is 0 Å². The van der Waals surface area contributed by atoms with Gasteiger partial charge in [-0.3, -0.25) is 0 Å². The van der Waals surface area contributed by atoms with Crippen LogP contribution in [0.15, 0.2) is 18.2 Å². The third-order valence-electron chi connectivity index (χ3n) is 4.03. The molecule has 0 bridgehead atoms. The number of hydrogen-bond donors (Lipinski definition) is 2. The number of rotatable bonds is 6. The maximum Gasteiger partial charge on any atom is 0.119 e. The zero-order valence-corrected chi connectivity index (χ0v) is 11.6. The van der Waals surface area contributed by atoms with Crippen molar-refractivity contribution in [3.05, 3.63) is 23.8 Å². The van der Waals surface area contributed by atoms with Gasteiger partial charge in [0, 0.05) is 18.2 Å². The average molecular weight is 248 g/mol. The molecule has 0 fully saturated rings. The Kier molecular flexibility index (Phi) is 4.48. The molecule has 0 spiro atoms. The van der Waals surface area contributed by atoms with E-state index in [1.165, 1.54) is 24.1 Å². The summed E-state index contributed by atoms with van der Waals surface area (Å²) in [4.78, 5) is 0. The number of nitrogens with one attached hydrogen (secondary N) is 2. The lowest BCUT2D eigenvalue weighted by Gasteiger charge is -2.22. The first-order valence-corrected chi connectivity index (χ1v) is 6.86. The maximum atomic E-state index is 5.34. The van der Waals surface area contributed by atoms with Crippen LogP contribution in [0.5, 0.6) is 5.75 Å². The topological polar surface area (TPSA) is 33.3 Å². The first-order chi connectivity index (χ1) is 8.80. The minimum absolute atomic E-state index is 0.619. The van der Waals surface area contributed by atoms with Gasteiger partial charge >= 0.3 is 0 Å². The van der Waals surface area contributed by atoms with Gasteiger partial charge in [0.05, 0.1) is 7.11 Å². The van der Waals surface area contributed by atoms with E-state index in [4.69, 9.17) is 4.74 Å². The van der Waals surface area contributed by atoms with Crippen molar-refractivity contribution in [2.45, 2.75) is 25.7 Å². The molecule has 2 rings (SSSR count). The van der Waals surface area contributed by atoms with Gasteiger partial charge in [-0.05, 0) is 49.7 Å². The third-order valence-corrected chi connectivity index (χ3v) is 4.03. The van der Waals surface area contributed by atoms with Crippen LogP contribution in [0.4, 0.5) is 5.69 Å². The van der Waals surface area contributed by atoms with Gasteiger partial charge in [-0.1, -0.05) is 13.3 Å². The minimum atomic E-state index is 0.619. The van der Waals surface area contributed by atoms with Crippen molar-refractivity contribution >= 4 is 5.69 Å². The van der Waals surface area contributed by atoms with Crippen LogP contribution in [0.2, 0.25) is 0 Å². The monoisotopic (exact) mass is 248 g/mol. The second-order valence-electron chi connectivity index (χ2n) is 5.00. The van der Waals surface area contributed by atoms with Crippen LogP contribution >= 0.6 is 0 Å². The molecule has 2 unspecified atom stereocenters. The first-order valence-electron chi connectivity index (χ1n) is 6.86. The van der Waals surface area contributed by atoms with Crippen LogP contribution in [-0.2, 0) is 0 Å². The fourth-order valence-electron chi connectivity index (χ4n) is 2.91. The molecule has 3 nitrogen and oxygen atoms in total. The fourth-order valence-corrected chi connectivity index (χ4v) is 2.91. The lowest BCUT2D eigenvalue weighted by atomic mass is 9.83. The molecule has 1 aliphatic heterocycles. The highest BCUT2D eigenvalue weighted by Gasteiger charge is 2.28. The highest BCUT2D eigenvalue weighted by molar-refractivity contribution is 5.60. The van der Waals surface area contributed by atoms with E-state index in [2.05, 4.69) is 29.7 Å². The Balaban J connectivity index is 2.17. The van der Waals surface area contributed by atoms with E-state index in [0.717, 1.165) is 24.8 Å². The molecule has 1 heterocycles. The van der Waals surface area contributed by atoms with Crippen LogP contribution in [-0.4, -0.2) is 27.2 Å². The van der Waals surface area contributed by atoms with Crippen LogP contribution < -0.4 is 15.4 Å². The quantitative estimate of drug-likeness (QED) is 0.812. The van der Waals surface area contributed by atoms with E-state index in [1.807, 2.05) is 13.1 Å². The van der Waals surface area contributed by atoms with Gasteiger partial charge in [0.15, 0.2) is 0 Å². The van der Waals surface area contributed by atoms with E-state index in [-0.39, 0.29) is 0 Å². The summed E-state index contributed by atoms with van der Waals surface area (Å²) in [5.74, 6) is 2.32. The van der Waals surface area contributed by atoms with Gasteiger partial charge in [-0.25, -0.2) is 0 Å². The molecule has 0 aromatic heterocycles. The van der Waals surface area contributed by atoms with E-state index in [0.29, 0.717) is 5.92 Å². The molecule has 2 N–H and O–H groups in total. The van der Waals surface area contributed by atoms with Crippen molar-refractivity contribution < 1.29 is 4.74 Å². The van der Waals surface area contributed by atoms with E-state index in [9.17, 15) is 0 Å². The Labute approximate surface area is 110 Å². The molecule has 18 heavy (non-hydrogen) atoms. The summed E-state index contributed by atoms with van der Waals surface area (Å²) < 4.78 is 5.34. The number of anilines is 1. The fraction of sp³-hybridized carbons (Fsp3) is 0.600. The van der Waals surface area contributed by atoms with Crippen LogP contribution in [0.1, 0.15) is 31.2 Å². The molecular weight excluding hydrogens is 224 g/mol. The second-order valence-corrected chi connectivity index (χ2v) is 5.00. The number of fused-ring (bicyclic) bond motifs is 1. The van der Waals surface area contributed by atoms with Gasteiger partial charge < -0.3 is 15.4 Å². The number of benzene rings is 1. The smallest absolute Gasteiger partial charge is 0.119 e.